The van der Waals surface area contributed by atoms with Gasteiger partial charge in [-0.1, -0.05) is 32.6 Å². The third-order valence-electron chi connectivity index (χ3n) is 3.59. The number of carbonyl (C=O) groups is 1. The zero-order valence-corrected chi connectivity index (χ0v) is 10.4. The van der Waals surface area contributed by atoms with Crippen LogP contribution in [0.2, 0.25) is 0 Å². The van der Waals surface area contributed by atoms with Gasteiger partial charge in [0, 0.05) is 19.1 Å². The van der Waals surface area contributed by atoms with Crippen LogP contribution in [0.25, 0.3) is 0 Å². The predicted molar refractivity (Wildman–Crippen MR) is 65.1 cm³/mol. The molecule has 2 N–H and O–H groups in total. The van der Waals surface area contributed by atoms with Gasteiger partial charge in [-0.15, -0.1) is 0 Å². The Kier molecular flexibility index (Phi) is 6.46. The summed E-state index contributed by atoms with van der Waals surface area (Å²) in [6.45, 7) is 2.85. The lowest BCUT2D eigenvalue weighted by Crippen LogP contribution is -2.32. The van der Waals surface area contributed by atoms with Crippen LogP contribution in [0.1, 0.15) is 51.9 Å². The standard InChI is InChI=1S/C13H25NO2/c1-2-12(10-11-6-3-4-7-11)13(16)14-8-5-9-15/h11-12,15H,2-10H2,1H3,(H,14,16). The van der Waals surface area contributed by atoms with Crippen molar-refractivity contribution in [3.8, 4) is 0 Å². The zero-order chi connectivity index (χ0) is 11.8. The SMILES string of the molecule is CCC(CC1CCCC1)C(=O)NCCCO. The van der Waals surface area contributed by atoms with E-state index in [-0.39, 0.29) is 18.4 Å². The highest BCUT2D eigenvalue weighted by Crippen LogP contribution is 2.31. The van der Waals surface area contributed by atoms with Gasteiger partial charge in [-0.2, -0.15) is 0 Å². The van der Waals surface area contributed by atoms with Crippen molar-refractivity contribution in [3.63, 3.8) is 0 Å². The first-order chi connectivity index (χ1) is 7.77. The molecular weight excluding hydrogens is 202 g/mol. The number of amides is 1. The molecule has 1 atom stereocenters. The van der Waals surface area contributed by atoms with Crippen LogP contribution in [0.15, 0.2) is 0 Å². The van der Waals surface area contributed by atoms with Gasteiger partial charge in [0.2, 0.25) is 5.91 Å². The third kappa shape index (κ3) is 4.52. The Morgan fingerprint density at radius 1 is 1.44 bits per heavy atom. The van der Waals surface area contributed by atoms with E-state index in [9.17, 15) is 4.79 Å². The monoisotopic (exact) mass is 227 g/mol. The molecule has 1 fully saturated rings. The first kappa shape index (κ1) is 13.5. The summed E-state index contributed by atoms with van der Waals surface area (Å²) >= 11 is 0. The summed E-state index contributed by atoms with van der Waals surface area (Å²) in [5.74, 6) is 1.14. The van der Waals surface area contributed by atoms with Crippen molar-refractivity contribution in [1.82, 2.24) is 5.32 Å². The molecule has 3 nitrogen and oxygen atoms in total. The molecule has 0 aromatic carbocycles. The number of rotatable bonds is 7. The van der Waals surface area contributed by atoms with Crippen LogP contribution < -0.4 is 5.32 Å². The van der Waals surface area contributed by atoms with Crippen LogP contribution in [0.5, 0.6) is 0 Å². The number of hydrogen-bond donors (Lipinski definition) is 2. The normalized spacial score (nSPS) is 18.6. The zero-order valence-electron chi connectivity index (χ0n) is 10.4. The van der Waals surface area contributed by atoms with Crippen LogP contribution in [0.4, 0.5) is 0 Å². The van der Waals surface area contributed by atoms with Gasteiger partial charge in [-0.05, 0) is 25.2 Å². The largest absolute Gasteiger partial charge is 0.396 e. The molecule has 0 aromatic heterocycles. The van der Waals surface area contributed by atoms with Gasteiger partial charge in [0.05, 0.1) is 0 Å². The smallest absolute Gasteiger partial charge is 0.223 e. The minimum atomic E-state index is 0.152. The summed E-state index contributed by atoms with van der Waals surface area (Å²) in [6.07, 6.45) is 7.94. The molecule has 0 aromatic rings. The van der Waals surface area contributed by atoms with Crippen molar-refractivity contribution in [3.05, 3.63) is 0 Å². The highest BCUT2D eigenvalue weighted by atomic mass is 16.3. The first-order valence-electron chi connectivity index (χ1n) is 6.66. The summed E-state index contributed by atoms with van der Waals surface area (Å²) in [5, 5.41) is 11.6. The molecule has 1 saturated carbocycles. The predicted octanol–water partition coefficient (Wildman–Crippen LogP) is 2.09. The Hall–Kier alpha value is -0.570. The quantitative estimate of drug-likeness (QED) is 0.654. The molecule has 1 rings (SSSR count). The molecule has 0 aliphatic heterocycles. The average Bonchev–Trinajstić information content (AvgIpc) is 2.78. The second kappa shape index (κ2) is 7.66. The maximum atomic E-state index is 11.8. The fraction of sp³-hybridized carbons (Fsp3) is 0.923. The number of carbonyl (C=O) groups excluding carboxylic acids is 1. The highest BCUT2D eigenvalue weighted by Gasteiger charge is 2.23. The van der Waals surface area contributed by atoms with Crippen molar-refractivity contribution in [2.75, 3.05) is 13.2 Å². The molecule has 0 spiro atoms. The molecule has 0 heterocycles. The molecular formula is C13H25NO2. The van der Waals surface area contributed by atoms with Crippen LogP contribution in [-0.2, 0) is 4.79 Å². The second-order valence-corrected chi connectivity index (χ2v) is 4.86. The van der Waals surface area contributed by atoms with Gasteiger partial charge in [-0.3, -0.25) is 4.79 Å². The van der Waals surface area contributed by atoms with E-state index in [4.69, 9.17) is 5.11 Å². The third-order valence-corrected chi connectivity index (χ3v) is 3.59. The Morgan fingerprint density at radius 3 is 2.69 bits per heavy atom. The van der Waals surface area contributed by atoms with Gasteiger partial charge < -0.3 is 10.4 Å². The van der Waals surface area contributed by atoms with Crippen molar-refractivity contribution in [1.29, 1.82) is 0 Å². The van der Waals surface area contributed by atoms with E-state index >= 15 is 0 Å². The molecule has 94 valence electrons. The molecule has 0 radical (unpaired) electrons. The summed E-state index contributed by atoms with van der Waals surface area (Å²) < 4.78 is 0. The molecule has 1 amide bonds. The maximum absolute atomic E-state index is 11.8. The highest BCUT2D eigenvalue weighted by molar-refractivity contribution is 5.78. The van der Waals surface area contributed by atoms with Crippen molar-refractivity contribution in [2.45, 2.75) is 51.9 Å². The van der Waals surface area contributed by atoms with Crippen LogP contribution in [-0.4, -0.2) is 24.2 Å². The second-order valence-electron chi connectivity index (χ2n) is 4.86. The Balaban J connectivity index is 2.25. The van der Waals surface area contributed by atoms with Crippen molar-refractivity contribution >= 4 is 5.91 Å². The molecule has 0 bridgehead atoms. The van der Waals surface area contributed by atoms with E-state index in [2.05, 4.69) is 12.2 Å². The molecule has 1 aliphatic rings. The van der Waals surface area contributed by atoms with Crippen LogP contribution in [0.3, 0.4) is 0 Å². The van der Waals surface area contributed by atoms with Gasteiger partial charge in [0.25, 0.3) is 0 Å². The Bertz CT molecular complexity index is 200. The minimum absolute atomic E-state index is 0.152. The van der Waals surface area contributed by atoms with Gasteiger partial charge in [0.15, 0.2) is 0 Å². The van der Waals surface area contributed by atoms with Gasteiger partial charge in [-0.25, -0.2) is 0 Å². The summed E-state index contributed by atoms with van der Waals surface area (Å²) in [4.78, 5) is 11.8. The number of aliphatic hydroxyl groups excluding tert-OH is 1. The van der Waals surface area contributed by atoms with Crippen LogP contribution >= 0.6 is 0 Å². The fourth-order valence-corrected chi connectivity index (χ4v) is 2.54. The Morgan fingerprint density at radius 2 is 2.12 bits per heavy atom. The topological polar surface area (TPSA) is 49.3 Å². The van der Waals surface area contributed by atoms with E-state index in [1.807, 2.05) is 0 Å². The van der Waals surface area contributed by atoms with E-state index in [0.717, 1.165) is 18.8 Å². The lowest BCUT2D eigenvalue weighted by atomic mass is 9.91. The minimum Gasteiger partial charge on any atom is -0.396 e. The first-order valence-corrected chi connectivity index (χ1v) is 6.66. The number of aliphatic hydroxyl groups is 1. The van der Waals surface area contributed by atoms with E-state index in [1.54, 1.807) is 0 Å². The van der Waals surface area contributed by atoms with Crippen molar-refractivity contribution in [2.24, 2.45) is 11.8 Å². The molecule has 1 unspecified atom stereocenters. The fourth-order valence-electron chi connectivity index (χ4n) is 2.54. The molecule has 16 heavy (non-hydrogen) atoms. The van der Waals surface area contributed by atoms with Crippen molar-refractivity contribution < 1.29 is 9.90 Å². The molecule has 0 saturated heterocycles. The Labute approximate surface area is 98.6 Å². The summed E-state index contributed by atoms with van der Waals surface area (Å²) in [7, 11) is 0. The molecule has 1 aliphatic carbocycles. The molecule has 3 heteroatoms. The number of nitrogens with one attached hydrogen (secondary N) is 1. The van der Waals surface area contributed by atoms with E-state index in [1.165, 1.54) is 25.7 Å². The summed E-state index contributed by atoms with van der Waals surface area (Å²) in [5.41, 5.74) is 0. The van der Waals surface area contributed by atoms with Crippen LogP contribution in [0, 0.1) is 11.8 Å². The number of hydrogen-bond acceptors (Lipinski definition) is 2. The lowest BCUT2D eigenvalue weighted by Gasteiger charge is -2.18. The van der Waals surface area contributed by atoms with Gasteiger partial charge in [0.1, 0.15) is 0 Å². The average molecular weight is 227 g/mol. The lowest BCUT2D eigenvalue weighted by molar-refractivity contribution is -0.125. The van der Waals surface area contributed by atoms with Gasteiger partial charge >= 0.3 is 0 Å². The maximum Gasteiger partial charge on any atom is 0.223 e. The van der Waals surface area contributed by atoms with E-state index in [0.29, 0.717) is 13.0 Å². The summed E-state index contributed by atoms with van der Waals surface area (Å²) in [6, 6.07) is 0. The van der Waals surface area contributed by atoms with E-state index < -0.39 is 0 Å².